The van der Waals surface area contributed by atoms with Crippen LogP contribution in [-0.4, -0.2) is 4.98 Å². The highest BCUT2D eigenvalue weighted by atomic mass is 79.9. The topological polar surface area (TPSA) is 24.9 Å². The van der Waals surface area contributed by atoms with Crippen LogP contribution < -0.4 is 5.32 Å². The van der Waals surface area contributed by atoms with Gasteiger partial charge in [-0.15, -0.1) is 11.3 Å². The Bertz CT molecular complexity index is 437. The molecule has 16 heavy (non-hydrogen) atoms. The SMILES string of the molecule is Brc1cc(CNCc2ccncc2)sc1Br. The van der Waals surface area contributed by atoms with Gasteiger partial charge in [-0.1, -0.05) is 0 Å². The monoisotopic (exact) mass is 360 g/mol. The third-order valence-electron chi connectivity index (χ3n) is 2.07. The predicted octanol–water partition coefficient (Wildman–Crippen LogP) is 3.96. The fourth-order valence-corrected chi connectivity index (χ4v) is 3.46. The summed E-state index contributed by atoms with van der Waals surface area (Å²) in [6.45, 7) is 1.76. The van der Waals surface area contributed by atoms with E-state index in [1.807, 2.05) is 24.5 Å². The molecule has 2 nitrogen and oxygen atoms in total. The normalized spacial score (nSPS) is 10.6. The molecule has 0 aliphatic carbocycles. The zero-order valence-corrected chi connectivity index (χ0v) is 12.4. The van der Waals surface area contributed by atoms with Gasteiger partial charge in [0.25, 0.3) is 0 Å². The lowest BCUT2D eigenvalue weighted by atomic mass is 10.3. The molecule has 0 saturated carbocycles. The maximum Gasteiger partial charge on any atom is 0.0843 e. The van der Waals surface area contributed by atoms with E-state index in [0.29, 0.717) is 0 Å². The van der Waals surface area contributed by atoms with E-state index in [1.165, 1.54) is 10.4 Å². The zero-order chi connectivity index (χ0) is 11.4. The lowest BCUT2D eigenvalue weighted by molar-refractivity contribution is 0.700. The van der Waals surface area contributed by atoms with E-state index in [1.54, 1.807) is 11.3 Å². The Morgan fingerprint density at radius 2 is 1.94 bits per heavy atom. The minimum absolute atomic E-state index is 0.871. The van der Waals surface area contributed by atoms with Crippen molar-refractivity contribution in [2.24, 2.45) is 0 Å². The predicted molar refractivity (Wildman–Crippen MR) is 74.5 cm³/mol. The van der Waals surface area contributed by atoms with Crippen LogP contribution in [0.1, 0.15) is 10.4 Å². The minimum Gasteiger partial charge on any atom is -0.308 e. The van der Waals surface area contributed by atoms with E-state index in [-0.39, 0.29) is 0 Å². The zero-order valence-electron chi connectivity index (χ0n) is 8.41. The largest absolute Gasteiger partial charge is 0.308 e. The van der Waals surface area contributed by atoms with E-state index in [0.717, 1.165) is 21.3 Å². The summed E-state index contributed by atoms with van der Waals surface area (Å²) in [5.41, 5.74) is 1.25. The van der Waals surface area contributed by atoms with Crippen LogP contribution in [0.25, 0.3) is 0 Å². The Hall–Kier alpha value is -0.230. The van der Waals surface area contributed by atoms with Crippen LogP contribution in [0.4, 0.5) is 0 Å². The first kappa shape index (κ1) is 12.2. The number of aromatic nitrogens is 1. The average molecular weight is 362 g/mol. The van der Waals surface area contributed by atoms with Crippen LogP contribution in [0.2, 0.25) is 0 Å². The second-order valence-electron chi connectivity index (χ2n) is 3.29. The Labute approximate surface area is 115 Å². The third-order valence-corrected chi connectivity index (χ3v) is 5.33. The summed E-state index contributed by atoms with van der Waals surface area (Å²) in [5.74, 6) is 0. The maximum atomic E-state index is 3.99. The van der Waals surface area contributed by atoms with Crippen molar-refractivity contribution < 1.29 is 0 Å². The van der Waals surface area contributed by atoms with Crippen molar-refractivity contribution in [1.29, 1.82) is 0 Å². The smallest absolute Gasteiger partial charge is 0.0843 e. The highest BCUT2D eigenvalue weighted by molar-refractivity contribution is 9.13. The van der Waals surface area contributed by atoms with Gasteiger partial charge in [0.05, 0.1) is 3.79 Å². The van der Waals surface area contributed by atoms with Crippen molar-refractivity contribution in [3.05, 3.63) is 49.3 Å². The molecule has 0 unspecified atom stereocenters. The number of rotatable bonds is 4. The Morgan fingerprint density at radius 3 is 2.56 bits per heavy atom. The van der Waals surface area contributed by atoms with Gasteiger partial charge in [0.2, 0.25) is 0 Å². The molecule has 0 radical (unpaired) electrons. The molecule has 84 valence electrons. The maximum absolute atomic E-state index is 3.99. The highest BCUT2D eigenvalue weighted by Gasteiger charge is 2.03. The third kappa shape index (κ3) is 3.38. The first-order valence-electron chi connectivity index (χ1n) is 4.79. The molecule has 0 amide bonds. The van der Waals surface area contributed by atoms with Gasteiger partial charge >= 0.3 is 0 Å². The van der Waals surface area contributed by atoms with E-state index in [2.05, 4.69) is 48.2 Å². The van der Waals surface area contributed by atoms with Crippen molar-refractivity contribution in [3.8, 4) is 0 Å². The van der Waals surface area contributed by atoms with Crippen LogP contribution in [0.15, 0.2) is 38.9 Å². The summed E-state index contributed by atoms with van der Waals surface area (Å²) in [5, 5.41) is 3.40. The molecule has 0 atom stereocenters. The van der Waals surface area contributed by atoms with Crippen molar-refractivity contribution in [2.75, 3.05) is 0 Å². The lowest BCUT2D eigenvalue weighted by Crippen LogP contribution is -2.11. The number of thiophene rings is 1. The minimum atomic E-state index is 0.871. The number of hydrogen-bond acceptors (Lipinski definition) is 3. The highest BCUT2D eigenvalue weighted by Crippen LogP contribution is 2.32. The van der Waals surface area contributed by atoms with Gasteiger partial charge in [0.1, 0.15) is 0 Å². The van der Waals surface area contributed by atoms with Crippen LogP contribution in [0, 0.1) is 0 Å². The van der Waals surface area contributed by atoms with Gasteiger partial charge in [-0.25, -0.2) is 0 Å². The molecular formula is C11H10Br2N2S. The first-order chi connectivity index (χ1) is 7.75. The van der Waals surface area contributed by atoms with Crippen LogP contribution in [-0.2, 0) is 13.1 Å². The van der Waals surface area contributed by atoms with Gasteiger partial charge in [0.15, 0.2) is 0 Å². The lowest BCUT2D eigenvalue weighted by Gasteiger charge is -2.02. The van der Waals surface area contributed by atoms with Crippen LogP contribution >= 0.6 is 43.2 Å². The Morgan fingerprint density at radius 1 is 1.19 bits per heavy atom. The molecule has 2 rings (SSSR count). The van der Waals surface area contributed by atoms with E-state index in [4.69, 9.17) is 0 Å². The van der Waals surface area contributed by atoms with E-state index < -0.39 is 0 Å². The first-order valence-corrected chi connectivity index (χ1v) is 7.19. The summed E-state index contributed by atoms with van der Waals surface area (Å²) >= 11 is 8.71. The second kappa shape index (κ2) is 5.91. The van der Waals surface area contributed by atoms with Crippen molar-refractivity contribution >= 4 is 43.2 Å². The molecule has 1 N–H and O–H groups in total. The van der Waals surface area contributed by atoms with E-state index >= 15 is 0 Å². The number of hydrogen-bond donors (Lipinski definition) is 1. The van der Waals surface area contributed by atoms with Gasteiger partial charge in [-0.05, 0) is 55.6 Å². The van der Waals surface area contributed by atoms with Crippen LogP contribution in [0.5, 0.6) is 0 Å². The second-order valence-corrected chi connectivity index (χ2v) is 6.60. The van der Waals surface area contributed by atoms with Crippen molar-refractivity contribution in [3.63, 3.8) is 0 Å². The fourth-order valence-electron chi connectivity index (χ4n) is 1.31. The van der Waals surface area contributed by atoms with Gasteiger partial charge in [0, 0.05) is 34.8 Å². The fraction of sp³-hybridized carbons (Fsp3) is 0.182. The molecule has 0 aliphatic heterocycles. The quantitative estimate of drug-likeness (QED) is 0.891. The molecule has 5 heteroatoms. The van der Waals surface area contributed by atoms with Gasteiger partial charge in [-0.3, -0.25) is 4.98 Å². The molecular weight excluding hydrogens is 352 g/mol. The summed E-state index contributed by atoms with van der Waals surface area (Å²) in [6, 6.07) is 6.18. The van der Waals surface area contributed by atoms with Crippen molar-refractivity contribution in [2.45, 2.75) is 13.1 Å². The number of nitrogens with one attached hydrogen (secondary N) is 1. The molecule has 0 aromatic carbocycles. The molecule has 2 heterocycles. The van der Waals surface area contributed by atoms with Crippen LogP contribution in [0.3, 0.4) is 0 Å². The Balaban J connectivity index is 1.84. The molecule has 0 saturated heterocycles. The number of halogens is 2. The van der Waals surface area contributed by atoms with Crippen molar-refractivity contribution in [1.82, 2.24) is 10.3 Å². The number of pyridine rings is 1. The van der Waals surface area contributed by atoms with E-state index in [9.17, 15) is 0 Å². The number of nitrogens with zero attached hydrogens (tertiary/aromatic N) is 1. The summed E-state index contributed by atoms with van der Waals surface area (Å²) < 4.78 is 2.27. The summed E-state index contributed by atoms with van der Waals surface area (Å²) in [6.07, 6.45) is 3.63. The van der Waals surface area contributed by atoms with Gasteiger partial charge in [-0.2, -0.15) is 0 Å². The standard InChI is InChI=1S/C11H10Br2N2S/c12-10-5-9(16-11(10)13)7-15-6-8-1-3-14-4-2-8/h1-5,15H,6-7H2. The average Bonchev–Trinajstić information content (AvgIpc) is 2.60. The van der Waals surface area contributed by atoms with Gasteiger partial charge < -0.3 is 5.32 Å². The molecule has 0 aliphatic rings. The molecule has 2 aromatic rings. The molecule has 0 bridgehead atoms. The molecule has 2 aromatic heterocycles. The molecule has 0 fully saturated rings. The molecule has 0 spiro atoms. The summed E-state index contributed by atoms with van der Waals surface area (Å²) in [7, 11) is 0. The Kier molecular flexibility index (Phi) is 4.52. The summed E-state index contributed by atoms with van der Waals surface area (Å²) in [4.78, 5) is 5.30.